The molecule has 2 aliphatic heterocycles. The van der Waals surface area contributed by atoms with Gasteiger partial charge in [-0.1, -0.05) is 6.07 Å². The van der Waals surface area contributed by atoms with Gasteiger partial charge in [-0.15, -0.1) is 0 Å². The van der Waals surface area contributed by atoms with Crippen molar-refractivity contribution in [3.63, 3.8) is 0 Å². The molecule has 2 N–H and O–H groups in total. The average Bonchev–Trinajstić information content (AvgIpc) is 3.18. The second kappa shape index (κ2) is 8.72. The van der Waals surface area contributed by atoms with Crippen molar-refractivity contribution in [3.05, 3.63) is 70.0 Å². The minimum absolute atomic E-state index is 0.0488. The quantitative estimate of drug-likeness (QED) is 0.526. The fraction of sp³-hybridized carbons (Fsp3) is 0.480. The zero-order chi connectivity index (χ0) is 26.8. The van der Waals surface area contributed by atoms with Crippen LogP contribution in [0.5, 0.6) is 0 Å². The van der Waals surface area contributed by atoms with E-state index >= 15 is 0 Å². The van der Waals surface area contributed by atoms with Gasteiger partial charge in [0, 0.05) is 18.5 Å². The van der Waals surface area contributed by atoms with Crippen LogP contribution in [0, 0.1) is 12.7 Å². The van der Waals surface area contributed by atoms with Crippen molar-refractivity contribution >= 4 is 5.91 Å². The van der Waals surface area contributed by atoms with Crippen molar-refractivity contribution in [2.45, 2.75) is 69.3 Å². The number of fused-ring (bicyclic) bond motifs is 1. The molecule has 2 heterocycles. The van der Waals surface area contributed by atoms with Crippen LogP contribution in [0.15, 0.2) is 36.4 Å². The molecule has 4 nitrogen and oxygen atoms in total. The molecule has 5 atom stereocenters. The van der Waals surface area contributed by atoms with E-state index in [1.165, 1.54) is 24.0 Å². The maximum Gasteiger partial charge on any atom is 0.416 e. The molecular weight excluding hydrogens is 493 g/mol. The lowest BCUT2D eigenvalue weighted by atomic mass is 9.83. The topological polar surface area (TPSA) is 55.6 Å². The molecule has 2 unspecified atom stereocenters. The number of nitrogens with two attached hydrogens (primary N) is 1. The molecule has 0 radical (unpaired) electrons. The highest BCUT2D eigenvalue weighted by atomic mass is 19.4. The van der Waals surface area contributed by atoms with Crippen molar-refractivity contribution < 1.29 is 40.3 Å². The summed E-state index contributed by atoms with van der Waals surface area (Å²) in [6, 6.07) is 5.05. The molecule has 11 heteroatoms. The predicted octanol–water partition coefficient (Wildman–Crippen LogP) is 5.73. The largest absolute Gasteiger partial charge is 0.416 e. The smallest absolute Gasteiger partial charge is 0.368 e. The third-order valence-electron chi connectivity index (χ3n) is 7.02. The zero-order valence-corrected chi connectivity index (χ0v) is 19.7. The summed E-state index contributed by atoms with van der Waals surface area (Å²) in [5, 5.41) is 0. The molecule has 2 aromatic carbocycles. The molecule has 2 aliphatic rings. The Morgan fingerprint density at radius 2 is 1.64 bits per heavy atom. The van der Waals surface area contributed by atoms with E-state index in [0.29, 0.717) is 23.3 Å². The summed E-state index contributed by atoms with van der Waals surface area (Å²) in [6.07, 6.45) is -11.6. The van der Waals surface area contributed by atoms with Crippen molar-refractivity contribution in [1.82, 2.24) is 4.90 Å². The van der Waals surface area contributed by atoms with Crippen LogP contribution < -0.4 is 5.73 Å². The summed E-state index contributed by atoms with van der Waals surface area (Å²) in [7, 11) is 0. The number of hydrogen-bond acceptors (Lipinski definition) is 3. The van der Waals surface area contributed by atoms with Crippen LogP contribution in [-0.2, 0) is 21.9 Å². The maximum absolute atomic E-state index is 13.8. The van der Waals surface area contributed by atoms with Gasteiger partial charge in [0.1, 0.15) is 5.82 Å². The first-order chi connectivity index (χ1) is 16.5. The number of benzene rings is 2. The Morgan fingerprint density at radius 1 is 1.06 bits per heavy atom. The third kappa shape index (κ3) is 4.82. The molecule has 0 aliphatic carbocycles. The molecule has 0 aromatic heterocycles. The Balaban J connectivity index is 1.71. The monoisotopic (exact) mass is 518 g/mol. The number of alkyl halides is 6. The normalized spacial score (nSPS) is 27.5. The number of nitrogens with zero attached hydrogens (tertiary/aromatic N) is 1. The third-order valence-corrected chi connectivity index (χ3v) is 7.02. The van der Waals surface area contributed by atoms with Gasteiger partial charge in [0.2, 0.25) is 5.91 Å². The van der Waals surface area contributed by atoms with E-state index in [-0.39, 0.29) is 30.5 Å². The van der Waals surface area contributed by atoms with E-state index in [0.717, 1.165) is 0 Å². The van der Waals surface area contributed by atoms with E-state index < -0.39 is 59.0 Å². The van der Waals surface area contributed by atoms with Gasteiger partial charge in [-0.2, -0.15) is 26.3 Å². The number of amides is 1. The van der Waals surface area contributed by atoms with E-state index in [1.54, 1.807) is 19.9 Å². The number of hydrogen-bond donors (Lipinski definition) is 1. The van der Waals surface area contributed by atoms with Gasteiger partial charge in [-0.3, -0.25) is 4.79 Å². The molecule has 2 aromatic rings. The van der Waals surface area contributed by atoms with Crippen LogP contribution in [0.25, 0.3) is 0 Å². The van der Waals surface area contributed by atoms with E-state index in [2.05, 4.69) is 0 Å². The first-order valence-corrected chi connectivity index (χ1v) is 11.3. The van der Waals surface area contributed by atoms with Gasteiger partial charge in [0.15, 0.2) is 0 Å². The van der Waals surface area contributed by atoms with Crippen LogP contribution in [0.1, 0.15) is 60.1 Å². The summed E-state index contributed by atoms with van der Waals surface area (Å²) in [5.41, 5.74) is 3.12. The van der Waals surface area contributed by atoms with Crippen LogP contribution in [0.4, 0.5) is 30.7 Å². The van der Waals surface area contributed by atoms with Crippen LogP contribution in [0.2, 0.25) is 0 Å². The minimum atomic E-state index is -4.99. The van der Waals surface area contributed by atoms with Crippen LogP contribution in [0.3, 0.4) is 0 Å². The first kappa shape index (κ1) is 26.4. The van der Waals surface area contributed by atoms with Gasteiger partial charge in [0.25, 0.3) is 0 Å². The Kier molecular flexibility index (Phi) is 6.40. The summed E-state index contributed by atoms with van der Waals surface area (Å²) < 4.78 is 99.9. The zero-order valence-electron chi connectivity index (χ0n) is 19.7. The number of carbonyl (C=O) groups excluding carboxylic acids is 1. The second-order valence-electron chi connectivity index (χ2n) is 9.83. The van der Waals surface area contributed by atoms with Crippen molar-refractivity contribution in [1.29, 1.82) is 0 Å². The van der Waals surface area contributed by atoms with Gasteiger partial charge < -0.3 is 15.4 Å². The Morgan fingerprint density at radius 3 is 2.17 bits per heavy atom. The lowest BCUT2D eigenvalue weighted by Gasteiger charge is -2.29. The lowest BCUT2D eigenvalue weighted by Crippen LogP contribution is -2.46. The summed E-state index contributed by atoms with van der Waals surface area (Å²) in [5.74, 6) is -1.29. The molecular formula is C25H25F7N2O2. The Labute approximate surface area is 203 Å². The van der Waals surface area contributed by atoms with Crippen molar-refractivity contribution in [2.75, 3.05) is 6.54 Å². The highest BCUT2D eigenvalue weighted by Crippen LogP contribution is 2.46. The molecule has 36 heavy (non-hydrogen) atoms. The molecule has 2 fully saturated rings. The molecule has 196 valence electrons. The molecule has 0 spiro atoms. The summed E-state index contributed by atoms with van der Waals surface area (Å²) >= 11 is 0. The maximum atomic E-state index is 13.8. The SMILES string of the molecule is Cc1cc(F)ccc1C1[C@@H](O[C@H](C)c2cc(C(F)(F)F)cc(C(F)(F)F)c2)CN2C(=O)C(C)(N)C[C@@H]12. The number of aryl methyl sites for hydroxylation is 1. The van der Waals surface area contributed by atoms with E-state index in [1.807, 2.05) is 0 Å². The molecule has 0 saturated carbocycles. The number of ether oxygens (including phenoxy) is 1. The Hall–Kier alpha value is -2.66. The lowest BCUT2D eigenvalue weighted by molar-refractivity contribution is -0.143. The molecule has 4 rings (SSSR count). The molecule has 2 saturated heterocycles. The first-order valence-electron chi connectivity index (χ1n) is 11.3. The molecule has 0 bridgehead atoms. The summed E-state index contributed by atoms with van der Waals surface area (Å²) in [4.78, 5) is 14.4. The van der Waals surface area contributed by atoms with E-state index in [9.17, 15) is 35.5 Å². The second-order valence-corrected chi connectivity index (χ2v) is 9.83. The molecule has 1 amide bonds. The fourth-order valence-corrected chi connectivity index (χ4v) is 5.31. The fourth-order valence-electron chi connectivity index (χ4n) is 5.31. The standard InChI is InChI=1S/C25H25F7N2O2/c1-12-6-17(26)4-5-18(12)21-19-10-23(3,33)22(35)34(19)11-20(21)36-13(2)14-7-15(24(27,28)29)9-16(8-14)25(30,31)32/h4-9,13,19-21H,10-11,33H2,1-3H3/t13-,19+,20+,21?,23?/m1/s1. The van der Waals surface area contributed by atoms with Crippen molar-refractivity contribution in [2.24, 2.45) is 5.73 Å². The number of halogens is 7. The average molecular weight is 518 g/mol. The van der Waals surface area contributed by atoms with Gasteiger partial charge in [-0.25, -0.2) is 4.39 Å². The van der Waals surface area contributed by atoms with Crippen LogP contribution in [-0.4, -0.2) is 35.0 Å². The Bertz CT molecular complexity index is 1140. The number of rotatable bonds is 4. The van der Waals surface area contributed by atoms with Gasteiger partial charge >= 0.3 is 12.4 Å². The predicted molar refractivity (Wildman–Crippen MR) is 116 cm³/mol. The number of carbonyl (C=O) groups is 1. The highest BCUT2D eigenvalue weighted by Gasteiger charge is 2.56. The van der Waals surface area contributed by atoms with E-state index in [4.69, 9.17) is 10.5 Å². The van der Waals surface area contributed by atoms with Gasteiger partial charge in [0.05, 0.1) is 28.9 Å². The highest BCUT2D eigenvalue weighted by molar-refractivity contribution is 5.89. The minimum Gasteiger partial charge on any atom is -0.368 e. The van der Waals surface area contributed by atoms with Gasteiger partial charge in [-0.05, 0) is 74.2 Å². The summed E-state index contributed by atoms with van der Waals surface area (Å²) in [6.45, 7) is 4.69. The van der Waals surface area contributed by atoms with Crippen molar-refractivity contribution in [3.8, 4) is 0 Å². The van der Waals surface area contributed by atoms with Crippen LogP contribution >= 0.6 is 0 Å².